The van der Waals surface area contributed by atoms with E-state index in [9.17, 15) is 0 Å². The molecule has 1 aromatic carbocycles. The van der Waals surface area contributed by atoms with E-state index in [0.29, 0.717) is 12.1 Å². The van der Waals surface area contributed by atoms with Crippen molar-refractivity contribution in [2.45, 2.75) is 45.7 Å². The van der Waals surface area contributed by atoms with Gasteiger partial charge in [-0.15, -0.1) is 0 Å². The minimum absolute atomic E-state index is 0.454. The highest BCUT2D eigenvalue weighted by atomic mass is 16.5. The third-order valence-electron chi connectivity index (χ3n) is 3.06. The summed E-state index contributed by atoms with van der Waals surface area (Å²) in [5.74, 6) is 1.06. The highest BCUT2D eigenvalue weighted by Gasteiger charge is 2.21. The number of fused-ring (bicyclic) bond motifs is 1. The zero-order chi connectivity index (χ0) is 11.5. The Morgan fingerprint density at radius 2 is 2.25 bits per heavy atom. The van der Waals surface area contributed by atoms with Crippen molar-refractivity contribution in [1.82, 2.24) is 5.32 Å². The average Bonchev–Trinajstić information content (AvgIpc) is 2.28. The van der Waals surface area contributed by atoms with E-state index in [1.807, 2.05) is 0 Å². The Labute approximate surface area is 98.0 Å². The Kier molecular flexibility index (Phi) is 3.49. The van der Waals surface area contributed by atoms with Gasteiger partial charge in [0.1, 0.15) is 5.75 Å². The number of ether oxygens (including phenoxy) is 1. The number of nitrogens with one attached hydrogen (secondary N) is 1. The van der Waals surface area contributed by atoms with Crippen molar-refractivity contribution < 1.29 is 4.74 Å². The van der Waals surface area contributed by atoms with E-state index < -0.39 is 0 Å². The summed E-state index contributed by atoms with van der Waals surface area (Å²) in [6.45, 7) is 7.40. The van der Waals surface area contributed by atoms with Crippen LogP contribution in [0.1, 0.15) is 44.4 Å². The van der Waals surface area contributed by atoms with Gasteiger partial charge in [-0.25, -0.2) is 0 Å². The monoisotopic (exact) mass is 219 g/mol. The zero-order valence-electron chi connectivity index (χ0n) is 10.4. The molecule has 0 spiro atoms. The lowest BCUT2D eigenvalue weighted by molar-refractivity contribution is 0.247. The fraction of sp³-hybridized carbons (Fsp3) is 0.571. The van der Waals surface area contributed by atoms with Crippen LogP contribution >= 0.6 is 0 Å². The first-order chi connectivity index (χ1) is 7.70. The summed E-state index contributed by atoms with van der Waals surface area (Å²) >= 11 is 0. The number of aryl methyl sites for hydroxylation is 1. The number of benzene rings is 1. The molecule has 0 aliphatic carbocycles. The van der Waals surface area contributed by atoms with Crippen molar-refractivity contribution >= 4 is 0 Å². The summed E-state index contributed by atoms with van der Waals surface area (Å²) < 4.78 is 5.69. The minimum atomic E-state index is 0.454. The van der Waals surface area contributed by atoms with Crippen LogP contribution in [0, 0.1) is 0 Å². The molecular weight excluding hydrogens is 198 g/mol. The smallest absolute Gasteiger partial charge is 0.124 e. The van der Waals surface area contributed by atoms with E-state index in [1.54, 1.807) is 0 Å². The summed E-state index contributed by atoms with van der Waals surface area (Å²) in [5.41, 5.74) is 2.72. The van der Waals surface area contributed by atoms with E-state index in [-0.39, 0.29) is 0 Å². The van der Waals surface area contributed by atoms with E-state index in [1.165, 1.54) is 11.1 Å². The Morgan fingerprint density at radius 1 is 1.44 bits per heavy atom. The Balaban J connectivity index is 2.28. The second kappa shape index (κ2) is 4.88. The van der Waals surface area contributed by atoms with Crippen molar-refractivity contribution in [3.63, 3.8) is 0 Å². The van der Waals surface area contributed by atoms with Crippen molar-refractivity contribution in [2.24, 2.45) is 0 Å². The van der Waals surface area contributed by atoms with Crippen molar-refractivity contribution in [1.29, 1.82) is 0 Å². The molecule has 1 aromatic rings. The van der Waals surface area contributed by atoms with Crippen LogP contribution < -0.4 is 10.1 Å². The molecule has 88 valence electrons. The molecule has 0 radical (unpaired) electrons. The molecule has 1 N–H and O–H groups in total. The predicted molar refractivity (Wildman–Crippen MR) is 66.9 cm³/mol. The molecular formula is C14H21NO. The molecule has 1 aliphatic heterocycles. The summed E-state index contributed by atoms with van der Waals surface area (Å²) in [6, 6.07) is 7.53. The van der Waals surface area contributed by atoms with Crippen molar-refractivity contribution in [2.75, 3.05) is 6.61 Å². The van der Waals surface area contributed by atoms with Gasteiger partial charge in [0.15, 0.2) is 0 Å². The van der Waals surface area contributed by atoms with Crippen LogP contribution in [0.5, 0.6) is 5.75 Å². The standard InChI is InChI=1S/C14H21NO/c1-4-11-5-6-14-12(9-11)13(7-8-16-14)15-10(2)3/h5-6,9-10,13,15H,4,7-8H2,1-3H3. The largest absolute Gasteiger partial charge is 0.493 e. The SMILES string of the molecule is CCc1ccc2c(c1)C(NC(C)C)CCO2. The first-order valence-electron chi connectivity index (χ1n) is 6.22. The second-order valence-electron chi connectivity index (χ2n) is 4.74. The number of hydrogen-bond donors (Lipinski definition) is 1. The van der Waals surface area contributed by atoms with Gasteiger partial charge < -0.3 is 10.1 Å². The summed E-state index contributed by atoms with van der Waals surface area (Å²) in [6.07, 6.45) is 2.15. The molecule has 1 heterocycles. The topological polar surface area (TPSA) is 21.3 Å². The lowest BCUT2D eigenvalue weighted by atomic mass is 9.97. The number of hydrogen-bond acceptors (Lipinski definition) is 2. The first-order valence-corrected chi connectivity index (χ1v) is 6.22. The van der Waals surface area contributed by atoms with Gasteiger partial charge >= 0.3 is 0 Å². The fourth-order valence-corrected chi connectivity index (χ4v) is 2.24. The summed E-state index contributed by atoms with van der Waals surface area (Å²) in [5, 5.41) is 3.61. The van der Waals surface area contributed by atoms with Crippen LogP contribution in [0.15, 0.2) is 18.2 Å². The van der Waals surface area contributed by atoms with E-state index in [0.717, 1.165) is 25.2 Å². The zero-order valence-corrected chi connectivity index (χ0v) is 10.4. The van der Waals surface area contributed by atoms with Crippen LogP contribution in [-0.2, 0) is 6.42 Å². The first kappa shape index (κ1) is 11.5. The van der Waals surface area contributed by atoms with Gasteiger partial charge in [-0.1, -0.05) is 32.9 Å². The average molecular weight is 219 g/mol. The van der Waals surface area contributed by atoms with Gasteiger partial charge in [0.25, 0.3) is 0 Å². The molecule has 0 saturated carbocycles. The van der Waals surface area contributed by atoms with Crippen LogP contribution in [0.4, 0.5) is 0 Å². The molecule has 0 fully saturated rings. The van der Waals surface area contributed by atoms with Gasteiger partial charge in [-0.3, -0.25) is 0 Å². The van der Waals surface area contributed by atoms with Crippen molar-refractivity contribution in [3.05, 3.63) is 29.3 Å². The molecule has 16 heavy (non-hydrogen) atoms. The maximum atomic E-state index is 5.69. The van der Waals surface area contributed by atoms with Gasteiger partial charge in [0.2, 0.25) is 0 Å². The summed E-state index contributed by atoms with van der Waals surface area (Å²) in [7, 11) is 0. The quantitative estimate of drug-likeness (QED) is 0.843. The highest BCUT2D eigenvalue weighted by Crippen LogP contribution is 2.33. The maximum Gasteiger partial charge on any atom is 0.124 e. The van der Waals surface area contributed by atoms with Crippen molar-refractivity contribution in [3.8, 4) is 5.75 Å². The molecule has 0 aromatic heterocycles. The molecule has 2 rings (SSSR count). The molecule has 1 aliphatic rings. The maximum absolute atomic E-state index is 5.69. The molecule has 0 bridgehead atoms. The third kappa shape index (κ3) is 2.38. The minimum Gasteiger partial charge on any atom is -0.493 e. The third-order valence-corrected chi connectivity index (χ3v) is 3.06. The highest BCUT2D eigenvalue weighted by molar-refractivity contribution is 5.40. The van der Waals surface area contributed by atoms with Crippen LogP contribution in [0.25, 0.3) is 0 Å². The second-order valence-corrected chi connectivity index (χ2v) is 4.74. The molecule has 2 nitrogen and oxygen atoms in total. The van der Waals surface area contributed by atoms with Crippen LogP contribution in [0.2, 0.25) is 0 Å². The lowest BCUT2D eigenvalue weighted by Crippen LogP contribution is -2.32. The van der Waals surface area contributed by atoms with Crippen LogP contribution in [0.3, 0.4) is 0 Å². The molecule has 2 heteroatoms. The molecule has 0 saturated heterocycles. The Bertz CT molecular complexity index is 360. The van der Waals surface area contributed by atoms with E-state index in [2.05, 4.69) is 44.3 Å². The van der Waals surface area contributed by atoms with E-state index in [4.69, 9.17) is 4.74 Å². The Morgan fingerprint density at radius 3 is 2.94 bits per heavy atom. The van der Waals surface area contributed by atoms with Gasteiger partial charge in [0.05, 0.1) is 6.61 Å². The molecule has 1 atom stereocenters. The van der Waals surface area contributed by atoms with Gasteiger partial charge in [-0.2, -0.15) is 0 Å². The normalized spacial score (nSPS) is 19.4. The van der Waals surface area contributed by atoms with Gasteiger partial charge in [-0.05, 0) is 18.1 Å². The van der Waals surface area contributed by atoms with Gasteiger partial charge in [0, 0.05) is 24.1 Å². The summed E-state index contributed by atoms with van der Waals surface area (Å²) in [4.78, 5) is 0. The molecule has 0 amide bonds. The van der Waals surface area contributed by atoms with Crippen LogP contribution in [-0.4, -0.2) is 12.6 Å². The number of rotatable bonds is 3. The predicted octanol–water partition coefficient (Wildman–Crippen LogP) is 3.07. The fourth-order valence-electron chi connectivity index (χ4n) is 2.24. The lowest BCUT2D eigenvalue weighted by Gasteiger charge is -2.28. The van der Waals surface area contributed by atoms with E-state index >= 15 is 0 Å². The molecule has 1 unspecified atom stereocenters. The Hall–Kier alpha value is -1.02.